The minimum absolute atomic E-state index is 0.0978. The lowest BCUT2D eigenvalue weighted by molar-refractivity contribution is -0.132. The Morgan fingerprint density at radius 2 is 1.86 bits per heavy atom. The Labute approximate surface area is 174 Å². The quantitative estimate of drug-likeness (QED) is 0.528. The molecule has 1 heterocycles. The molecular weight excluding hydrogens is 386 g/mol. The Hall–Kier alpha value is -2.38. The minimum atomic E-state index is -3.66. The van der Waals surface area contributed by atoms with Crippen LogP contribution in [0, 0.1) is 5.92 Å². The van der Waals surface area contributed by atoms with Crippen molar-refractivity contribution in [1.82, 2.24) is 13.8 Å². The first-order valence-electron chi connectivity index (χ1n) is 9.73. The van der Waals surface area contributed by atoms with Crippen LogP contribution in [0.3, 0.4) is 0 Å². The highest BCUT2D eigenvalue weighted by atomic mass is 32.2. The van der Waals surface area contributed by atoms with Crippen molar-refractivity contribution in [2.24, 2.45) is 13.0 Å². The van der Waals surface area contributed by atoms with Gasteiger partial charge in [-0.3, -0.25) is 4.79 Å². The molecule has 0 N–H and O–H groups in total. The summed E-state index contributed by atoms with van der Waals surface area (Å²) in [5, 5.41) is 0. The smallest absolute Gasteiger partial charge is 0.238 e. The van der Waals surface area contributed by atoms with E-state index in [9.17, 15) is 13.2 Å². The van der Waals surface area contributed by atoms with Crippen molar-refractivity contribution in [1.29, 1.82) is 0 Å². The van der Waals surface area contributed by atoms with Gasteiger partial charge in [0, 0.05) is 32.0 Å². The summed E-state index contributed by atoms with van der Waals surface area (Å²) < 4.78 is 29.1. The van der Waals surface area contributed by atoms with E-state index < -0.39 is 10.0 Å². The zero-order valence-electron chi connectivity index (χ0n) is 17.5. The van der Waals surface area contributed by atoms with Crippen LogP contribution in [0.5, 0.6) is 0 Å². The fourth-order valence-electron chi connectivity index (χ4n) is 3.10. The second-order valence-electron chi connectivity index (χ2n) is 7.60. The number of amides is 1. The molecule has 0 spiro atoms. The molecule has 0 atom stereocenters. The zero-order valence-corrected chi connectivity index (χ0v) is 18.3. The van der Waals surface area contributed by atoms with Gasteiger partial charge >= 0.3 is 0 Å². The molecule has 2 aromatic rings. The summed E-state index contributed by atoms with van der Waals surface area (Å²) in [5.74, 6) is -0.0804. The average Bonchev–Trinajstić information content (AvgIpc) is 3.05. The Balaban J connectivity index is 2.18. The topological polar surface area (TPSA) is 62.6 Å². The fraction of sp³-hybridized carbons (Fsp3) is 0.409. The predicted octanol–water partition coefficient (Wildman–Crippen LogP) is 3.03. The largest absolute Gasteiger partial charge is 0.353 e. The highest BCUT2D eigenvalue weighted by Gasteiger charge is 2.27. The summed E-state index contributed by atoms with van der Waals surface area (Å²) in [5.41, 5.74) is 1.69. The summed E-state index contributed by atoms with van der Waals surface area (Å²) in [7, 11) is -1.72. The van der Waals surface area contributed by atoms with Gasteiger partial charge in [-0.15, -0.1) is 6.58 Å². The van der Waals surface area contributed by atoms with Gasteiger partial charge in [0.1, 0.15) is 0 Å². The average molecular weight is 418 g/mol. The monoisotopic (exact) mass is 417 g/mol. The molecule has 1 aromatic heterocycles. The molecule has 0 aliphatic heterocycles. The highest BCUT2D eigenvalue weighted by molar-refractivity contribution is 7.88. The van der Waals surface area contributed by atoms with Gasteiger partial charge in [0.15, 0.2) is 0 Å². The van der Waals surface area contributed by atoms with Crippen molar-refractivity contribution in [2.45, 2.75) is 26.1 Å². The Kier molecular flexibility index (Phi) is 8.22. The van der Waals surface area contributed by atoms with Gasteiger partial charge in [-0.25, -0.2) is 8.42 Å². The highest BCUT2D eigenvalue weighted by Crippen LogP contribution is 2.14. The number of carbonyl (C=O) groups excluding carboxylic acids is 1. The molecule has 0 radical (unpaired) electrons. The molecule has 7 heteroatoms. The van der Waals surface area contributed by atoms with E-state index in [2.05, 4.69) is 6.58 Å². The maximum absolute atomic E-state index is 13.1. The number of carbonyl (C=O) groups is 1. The third-order valence-corrected chi connectivity index (χ3v) is 6.34. The zero-order chi connectivity index (χ0) is 21.4. The van der Waals surface area contributed by atoms with Gasteiger partial charge in [-0.05, 0) is 23.6 Å². The van der Waals surface area contributed by atoms with E-state index in [1.807, 2.05) is 49.9 Å². The van der Waals surface area contributed by atoms with Crippen LogP contribution < -0.4 is 0 Å². The summed E-state index contributed by atoms with van der Waals surface area (Å²) in [4.78, 5) is 14.8. The third kappa shape index (κ3) is 6.87. The van der Waals surface area contributed by atoms with Gasteiger partial charge in [0.05, 0.1) is 18.8 Å². The summed E-state index contributed by atoms with van der Waals surface area (Å²) in [6.07, 6.45) is 3.45. The number of hydrogen-bond donors (Lipinski definition) is 0. The van der Waals surface area contributed by atoms with Crippen LogP contribution in [-0.4, -0.2) is 47.7 Å². The van der Waals surface area contributed by atoms with Gasteiger partial charge in [-0.2, -0.15) is 4.31 Å². The van der Waals surface area contributed by atoms with Crippen molar-refractivity contribution in [3.8, 4) is 0 Å². The molecule has 0 saturated carbocycles. The van der Waals surface area contributed by atoms with Crippen molar-refractivity contribution in [3.05, 3.63) is 72.6 Å². The Morgan fingerprint density at radius 3 is 2.41 bits per heavy atom. The van der Waals surface area contributed by atoms with Crippen LogP contribution in [0.2, 0.25) is 0 Å². The summed E-state index contributed by atoms with van der Waals surface area (Å²) in [6.45, 7) is 8.65. The van der Waals surface area contributed by atoms with Crippen LogP contribution in [0.4, 0.5) is 0 Å². The van der Waals surface area contributed by atoms with Gasteiger partial charge in [-0.1, -0.05) is 50.3 Å². The lowest BCUT2D eigenvalue weighted by Gasteiger charge is -2.28. The second kappa shape index (κ2) is 10.4. The molecule has 29 heavy (non-hydrogen) atoms. The van der Waals surface area contributed by atoms with Crippen molar-refractivity contribution in [3.63, 3.8) is 0 Å². The van der Waals surface area contributed by atoms with E-state index in [0.29, 0.717) is 18.7 Å². The normalized spacial score (nSPS) is 11.8. The number of benzene rings is 1. The number of aryl methyl sites for hydroxylation is 1. The minimum Gasteiger partial charge on any atom is -0.353 e. The van der Waals surface area contributed by atoms with E-state index in [0.717, 1.165) is 5.69 Å². The number of nitrogens with zero attached hydrogens (tertiary/aromatic N) is 3. The van der Waals surface area contributed by atoms with Crippen LogP contribution >= 0.6 is 0 Å². The standard InChI is InChI=1S/C22H31N3O3S/c1-5-13-25(29(27,28)18-20-10-7-6-8-11-20)17-22(26)24(15-19(2)3)16-21-12-9-14-23(21)4/h5-12,14,19H,1,13,15-18H2,2-4H3. The lowest BCUT2D eigenvalue weighted by atomic mass is 10.2. The molecule has 0 fully saturated rings. The molecule has 0 bridgehead atoms. The van der Waals surface area contributed by atoms with Gasteiger partial charge in [0.25, 0.3) is 0 Å². The van der Waals surface area contributed by atoms with E-state index >= 15 is 0 Å². The Bertz CT molecular complexity index is 904. The maximum Gasteiger partial charge on any atom is 0.238 e. The molecule has 0 aliphatic carbocycles. The number of sulfonamides is 1. The van der Waals surface area contributed by atoms with E-state index in [-0.39, 0.29) is 30.7 Å². The molecule has 1 amide bonds. The van der Waals surface area contributed by atoms with E-state index in [1.54, 1.807) is 29.2 Å². The predicted molar refractivity (Wildman–Crippen MR) is 117 cm³/mol. The molecule has 1 aromatic carbocycles. The van der Waals surface area contributed by atoms with Crippen molar-refractivity contribution in [2.75, 3.05) is 19.6 Å². The molecule has 0 unspecified atom stereocenters. The first-order chi connectivity index (χ1) is 13.7. The molecule has 2 rings (SSSR count). The third-order valence-electron chi connectivity index (χ3n) is 4.57. The van der Waals surface area contributed by atoms with Crippen molar-refractivity contribution >= 4 is 15.9 Å². The molecule has 6 nitrogen and oxygen atoms in total. The van der Waals surface area contributed by atoms with Gasteiger partial charge < -0.3 is 9.47 Å². The van der Waals surface area contributed by atoms with Crippen molar-refractivity contribution < 1.29 is 13.2 Å². The van der Waals surface area contributed by atoms with Crippen LogP contribution in [-0.2, 0) is 34.2 Å². The molecule has 158 valence electrons. The molecular formula is C22H31N3O3S. The van der Waals surface area contributed by atoms with E-state index in [4.69, 9.17) is 0 Å². The second-order valence-corrected chi connectivity index (χ2v) is 9.57. The molecule has 0 saturated heterocycles. The van der Waals surface area contributed by atoms with Crippen LogP contribution in [0.15, 0.2) is 61.3 Å². The maximum atomic E-state index is 13.1. The van der Waals surface area contributed by atoms with E-state index in [1.165, 1.54) is 10.4 Å². The van der Waals surface area contributed by atoms with Gasteiger partial charge in [0.2, 0.25) is 15.9 Å². The van der Waals surface area contributed by atoms with Crippen LogP contribution in [0.1, 0.15) is 25.1 Å². The summed E-state index contributed by atoms with van der Waals surface area (Å²) >= 11 is 0. The van der Waals surface area contributed by atoms with Crippen LogP contribution in [0.25, 0.3) is 0 Å². The number of aromatic nitrogens is 1. The number of rotatable bonds is 11. The Morgan fingerprint density at radius 1 is 1.17 bits per heavy atom. The molecule has 0 aliphatic rings. The fourth-order valence-corrected chi connectivity index (χ4v) is 4.54. The first kappa shape index (κ1) is 22.9. The number of hydrogen-bond acceptors (Lipinski definition) is 3. The first-order valence-corrected chi connectivity index (χ1v) is 11.3. The summed E-state index contributed by atoms with van der Waals surface area (Å²) in [6, 6.07) is 12.9. The lowest BCUT2D eigenvalue weighted by Crippen LogP contribution is -2.44. The SMILES string of the molecule is C=CCN(CC(=O)N(Cc1cccn1C)CC(C)C)S(=O)(=O)Cc1ccccc1.